The summed E-state index contributed by atoms with van der Waals surface area (Å²) in [6.07, 6.45) is -1.60. The second kappa shape index (κ2) is 8.37. The number of halogens is 5. The largest absolute Gasteiger partial charge is 0.406 e. The summed E-state index contributed by atoms with van der Waals surface area (Å²) in [5.74, 6) is 0. The average Bonchev–Trinajstić information content (AvgIpc) is 2.15. The third-order valence-corrected chi connectivity index (χ3v) is 2.79. The second-order valence-electron chi connectivity index (χ2n) is 4.06. The summed E-state index contributed by atoms with van der Waals surface area (Å²) < 4.78 is 36.9. The van der Waals surface area contributed by atoms with Gasteiger partial charge in [-0.25, -0.2) is 0 Å². The Bertz CT molecular complexity index is 199. The lowest BCUT2D eigenvalue weighted by molar-refractivity contribution is -0.166. The monoisotopic (exact) mass is 298 g/mol. The SMILES string of the molecule is Cl.Cl.N[C@H]1CC[C@H](NC(CO)C(F)(F)F)CC1. The Morgan fingerprint density at radius 3 is 2.00 bits per heavy atom. The van der Waals surface area contributed by atoms with E-state index in [1.165, 1.54) is 0 Å². The first-order chi connectivity index (χ1) is 6.93. The van der Waals surface area contributed by atoms with Gasteiger partial charge in [-0.3, -0.25) is 0 Å². The highest BCUT2D eigenvalue weighted by Gasteiger charge is 2.40. The molecule has 8 heteroatoms. The highest BCUT2D eigenvalue weighted by molar-refractivity contribution is 5.85. The van der Waals surface area contributed by atoms with Crippen LogP contribution in [0.1, 0.15) is 25.7 Å². The molecule has 0 spiro atoms. The van der Waals surface area contributed by atoms with Crippen molar-refractivity contribution in [2.45, 2.75) is 50.0 Å². The van der Waals surface area contributed by atoms with Gasteiger partial charge >= 0.3 is 6.18 Å². The van der Waals surface area contributed by atoms with E-state index >= 15 is 0 Å². The van der Waals surface area contributed by atoms with Crippen molar-refractivity contribution in [1.29, 1.82) is 0 Å². The van der Waals surface area contributed by atoms with Gasteiger partial charge in [0.1, 0.15) is 6.04 Å². The number of aliphatic hydroxyl groups is 1. The summed E-state index contributed by atoms with van der Waals surface area (Å²) >= 11 is 0. The van der Waals surface area contributed by atoms with E-state index in [0.29, 0.717) is 12.8 Å². The maximum atomic E-state index is 12.3. The Morgan fingerprint density at radius 1 is 1.18 bits per heavy atom. The Balaban J connectivity index is 0. The number of nitrogens with two attached hydrogens (primary N) is 1. The molecule has 1 saturated carbocycles. The third-order valence-electron chi connectivity index (χ3n) is 2.79. The molecule has 1 aliphatic carbocycles. The Morgan fingerprint density at radius 2 is 1.65 bits per heavy atom. The maximum Gasteiger partial charge on any atom is 0.406 e. The maximum absolute atomic E-state index is 12.3. The van der Waals surface area contributed by atoms with Crippen LogP contribution in [0.15, 0.2) is 0 Å². The minimum absolute atomic E-state index is 0. The van der Waals surface area contributed by atoms with Crippen molar-refractivity contribution in [1.82, 2.24) is 5.32 Å². The van der Waals surface area contributed by atoms with Crippen LogP contribution in [0.5, 0.6) is 0 Å². The zero-order valence-electron chi connectivity index (χ0n) is 9.24. The topological polar surface area (TPSA) is 58.3 Å². The molecule has 0 aromatic heterocycles. The van der Waals surface area contributed by atoms with E-state index in [-0.39, 0.29) is 36.9 Å². The number of rotatable bonds is 3. The molecule has 0 amide bonds. The van der Waals surface area contributed by atoms with Crippen molar-refractivity contribution >= 4 is 24.8 Å². The lowest BCUT2D eigenvalue weighted by atomic mass is 9.91. The number of hydrogen-bond acceptors (Lipinski definition) is 3. The van der Waals surface area contributed by atoms with Crippen LogP contribution >= 0.6 is 24.8 Å². The molecule has 0 aliphatic heterocycles. The first-order valence-corrected chi connectivity index (χ1v) is 5.12. The van der Waals surface area contributed by atoms with Crippen LogP contribution in [0.4, 0.5) is 13.2 Å². The van der Waals surface area contributed by atoms with Gasteiger partial charge in [-0.2, -0.15) is 13.2 Å². The van der Waals surface area contributed by atoms with Crippen LogP contribution in [0.3, 0.4) is 0 Å². The van der Waals surface area contributed by atoms with Crippen LogP contribution < -0.4 is 11.1 Å². The van der Waals surface area contributed by atoms with Crippen molar-refractivity contribution in [2.24, 2.45) is 5.73 Å². The molecule has 1 fully saturated rings. The fraction of sp³-hybridized carbons (Fsp3) is 1.00. The lowest BCUT2D eigenvalue weighted by Gasteiger charge is -2.30. The molecule has 17 heavy (non-hydrogen) atoms. The van der Waals surface area contributed by atoms with Crippen molar-refractivity contribution < 1.29 is 18.3 Å². The minimum Gasteiger partial charge on any atom is -0.394 e. The molecule has 0 aromatic rings. The zero-order valence-corrected chi connectivity index (χ0v) is 10.9. The van der Waals surface area contributed by atoms with E-state index in [2.05, 4.69) is 5.32 Å². The third kappa shape index (κ3) is 6.67. The van der Waals surface area contributed by atoms with E-state index in [1.54, 1.807) is 0 Å². The Kier molecular flexibility index (Phi) is 9.64. The zero-order chi connectivity index (χ0) is 11.5. The summed E-state index contributed by atoms with van der Waals surface area (Å²) in [7, 11) is 0. The molecule has 106 valence electrons. The van der Waals surface area contributed by atoms with Gasteiger partial charge in [0.05, 0.1) is 6.61 Å². The molecule has 1 atom stereocenters. The Hall–Kier alpha value is 0.250. The molecule has 1 rings (SSSR count). The van der Waals surface area contributed by atoms with Gasteiger partial charge in [0.2, 0.25) is 0 Å². The molecule has 0 radical (unpaired) electrons. The van der Waals surface area contributed by atoms with Crippen molar-refractivity contribution in [2.75, 3.05) is 6.61 Å². The lowest BCUT2D eigenvalue weighted by Crippen LogP contribution is -2.51. The summed E-state index contributed by atoms with van der Waals surface area (Å²) in [6, 6.07) is -1.87. The van der Waals surface area contributed by atoms with E-state index in [1.807, 2.05) is 0 Å². The summed E-state index contributed by atoms with van der Waals surface area (Å²) in [4.78, 5) is 0. The first kappa shape index (κ1) is 19.6. The smallest absolute Gasteiger partial charge is 0.394 e. The average molecular weight is 299 g/mol. The predicted octanol–water partition coefficient (Wildman–Crippen LogP) is 1.61. The molecule has 0 saturated heterocycles. The molecule has 0 heterocycles. The van der Waals surface area contributed by atoms with Gasteiger partial charge in [0.15, 0.2) is 0 Å². The molecule has 0 aromatic carbocycles. The van der Waals surface area contributed by atoms with Gasteiger partial charge in [0, 0.05) is 12.1 Å². The van der Waals surface area contributed by atoms with Crippen LogP contribution in [0, 0.1) is 0 Å². The number of nitrogens with one attached hydrogen (secondary N) is 1. The van der Waals surface area contributed by atoms with E-state index in [4.69, 9.17) is 10.8 Å². The second-order valence-corrected chi connectivity index (χ2v) is 4.06. The van der Waals surface area contributed by atoms with E-state index in [0.717, 1.165) is 12.8 Å². The standard InChI is InChI=1S/C9H17F3N2O.2ClH/c10-9(11,12)8(5-15)14-7-3-1-6(13)2-4-7;;/h6-8,14-15H,1-5,13H2;2*1H/t6-,7-,8?;;. The van der Waals surface area contributed by atoms with Crippen molar-refractivity contribution in [3.63, 3.8) is 0 Å². The summed E-state index contributed by atoms with van der Waals surface area (Å²) in [5, 5.41) is 11.1. The highest BCUT2D eigenvalue weighted by Crippen LogP contribution is 2.23. The quantitative estimate of drug-likeness (QED) is 0.742. The molecule has 1 unspecified atom stereocenters. The molecule has 4 N–H and O–H groups in total. The number of hydrogen-bond donors (Lipinski definition) is 3. The minimum atomic E-state index is -4.38. The number of alkyl halides is 3. The predicted molar refractivity (Wildman–Crippen MR) is 64.8 cm³/mol. The van der Waals surface area contributed by atoms with Crippen LogP contribution in [0.2, 0.25) is 0 Å². The van der Waals surface area contributed by atoms with Gasteiger partial charge in [-0.15, -0.1) is 24.8 Å². The fourth-order valence-corrected chi connectivity index (χ4v) is 1.82. The molecule has 0 bridgehead atoms. The number of aliphatic hydroxyl groups excluding tert-OH is 1. The highest BCUT2D eigenvalue weighted by atomic mass is 35.5. The van der Waals surface area contributed by atoms with Crippen LogP contribution in [0.25, 0.3) is 0 Å². The normalized spacial score (nSPS) is 26.6. The summed E-state index contributed by atoms with van der Waals surface area (Å²) in [5.41, 5.74) is 5.65. The van der Waals surface area contributed by atoms with Crippen molar-refractivity contribution in [3.8, 4) is 0 Å². The Labute approximate surface area is 111 Å². The molecular formula is C9H19Cl2F3N2O. The van der Waals surface area contributed by atoms with Gasteiger partial charge in [0.25, 0.3) is 0 Å². The van der Waals surface area contributed by atoms with E-state index < -0.39 is 18.8 Å². The first-order valence-electron chi connectivity index (χ1n) is 5.12. The van der Waals surface area contributed by atoms with Gasteiger partial charge in [-0.05, 0) is 25.7 Å². The van der Waals surface area contributed by atoms with Crippen LogP contribution in [-0.4, -0.2) is 36.0 Å². The van der Waals surface area contributed by atoms with Crippen LogP contribution in [-0.2, 0) is 0 Å². The molecular weight excluding hydrogens is 280 g/mol. The van der Waals surface area contributed by atoms with E-state index in [9.17, 15) is 13.2 Å². The summed E-state index contributed by atoms with van der Waals surface area (Å²) in [6.45, 7) is -0.911. The fourth-order valence-electron chi connectivity index (χ4n) is 1.82. The van der Waals surface area contributed by atoms with Gasteiger partial charge < -0.3 is 16.2 Å². The molecule has 3 nitrogen and oxygen atoms in total. The van der Waals surface area contributed by atoms with Crippen molar-refractivity contribution in [3.05, 3.63) is 0 Å². The van der Waals surface area contributed by atoms with Gasteiger partial charge in [-0.1, -0.05) is 0 Å². The molecule has 1 aliphatic rings.